The van der Waals surface area contributed by atoms with Gasteiger partial charge >= 0.3 is 0 Å². The molecule has 4 heterocycles. The normalized spacial score (nSPS) is 15.9. The van der Waals surface area contributed by atoms with E-state index in [0.29, 0.717) is 46.3 Å². The molecule has 188 valence electrons. The van der Waals surface area contributed by atoms with Crippen molar-refractivity contribution in [1.29, 1.82) is 0 Å². The highest BCUT2D eigenvalue weighted by Crippen LogP contribution is 2.29. The van der Waals surface area contributed by atoms with Crippen molar-refractivity contribution >= 4 is 27.3 Å². The van der Waals surface area contributed by atoms with Crippen molar-refractivity contribution in [2.75, 3.05) is 6.54 Å². The van der Waals surface area contributed by atoms with E-state index < -0.39 is 11.4 Å². The Bertz CT molecular complexity index is 1440. The molecule has 36 heavy (non-hydrogen) atoms. The lowest BCUT2D eigenvalue weighted by molar-refractivity contribution is 0.0738. The van der Waals surface area contributed by atoms with E-state index in [1.165, 1.54) is 6.07 Å². The van der Waals surface area contributed by atoms with E-state index in [4.69, 9.17) is 4.74 Å². The molecule has 0 aromatic carbocycles. The number of nitrogens with zero attached hydrogens (tertiary/aromatic N) is 4. The zero-order valence-electron chi connectivity index (χ0n) is 20.8. The van der Waals surface area contributed by atoms with Crippen molar-refractivity contribution in [3.05, 3.63) is 91.6 Å². The van der Waals surface area contributed by atoms with Gasteiger partial charge in [-0.15, -0.1) is 0 Å². The van der Waals surface area contributed by atoms with Crippen LogP contribution in [0.25, 0.3) is 5.70 Å². The number of allylic oxidation sites excluding steroid dienone is 1. The molecule has 4 rings (SSSR count). The minimum atomic E-state index is -1.08. The van der Waals surface area contributed by atoms with E-state index in [9.17, 15) is 14.3 Å². The highest BCUT2D eigenvalue weighted by atomic mass is 79.9. The number of halogens is 2. The van der Waals surface area contributed by atoms with Gasteiger partial charge in [-0.25, -0.2) is 9.37 Å². The molecule has 3 aromatic rings. The molecule has 1 aliphatic heterocycles. The monoisotopic (exact) mass is 554 g/mol. The van der Waals surface area contributed by atoms with Gasteiger partial charge in [-0.1, -0.05) is 13.0 Å². The Labute approximate surface area is 217 Å². The SMILES string of the molecule is Cc1cc(F)cnc1COc1cc(C)n(C2=CC(c3cccc(C(C)(C)O)n3)=NC[C@H]2C)c(=O)c1Br. The van der Waals surface area contributed by atoms with Crippen LogP contribution in [0.1, 0.15) is 49.1 Å². The largest absolute Gasteiger partial charge is 0.486 e. The predicted molar refractivity (Wildman–Crippen MR) is 141 cm³/mol. The Balaban J connectivity index is 1.68. The fraction of sp³-hybridized carbons (Fsp3) is 0.333. The fourth-order valence-electron chi connectivity index (χ4n) is 3.99. The molecule has 0 saturated carbocycles. The Morgan fingerprint density at radius 3 is 2.72 bits per heavy atom. The average molecular weight is 555 g/mol. The van der Waals surface area contributed by atoms with Gasteiger partial charge < -0.3 is 9.84 Å². The topological polar surface area (TPSA) is 89.6 Å². The minimum absolute atomic E-state index is 0.00708. The molecule has 0 saturated heterocycles. The third kappa shape index (κ3) is 5.32. The van der Waals surface area contributed by atoms with Gasteiger partial charge in [0, 0.05) is 29.9 Å². The van der Waals surface area contributed by atoms with Crippen molar-refractivity contribution in [2.45, 2.75) is 46.8 Å². The number of hydrogen-bond acceptors (Lipinski definition) is 6. The number of aromatic nitrogens is 3. The number of dihydropyridines is 1. The smallest absolute Gasteiger partial charge is 0.273 e. The number of aryl methyl sites for hydroxylation is 2. The van der Waals surface area contributed by atoms with E-state index in [1.54, 1.807) is 37.5 Å². The summed E-state index contributed by atoms with van der Waals surface area (Å²) >= 11 is 3.41. The molecule has 0 amide bonds. The standard InChI is InChI=1S/C27H28BrFN4O3/c1-15-9-18(29)13-31-21(15)14-36-23-10-17(3)33(26(34)25(23)28)22-11-20(30-12-16(22)2)19-7-6-8-24(32-19)27(4,5)35/h6-11,13,16,35H,12,14H2,1-5H3/t16-/m1/s1. The molecule has 3 aromatic heterocycles. The molecule has 0 radical (unpaired) electrons. The lowest BCUT2D eigenvalue weighted by Gasteiger charge is -2.24. The Kier molecular flexibility index (Phi) is 7.24. The van der Waals surface area contributed by atoms with Crippen molar-refractivity contribution in [1.82, 2.24) is 14.5 Å². The Morgan fingerprint density at radius 2 is 2.03 bits per heavy atom. The second kappa shape index (κ2) is 10.1. The summed E-state index contributed by atoms with van der Waals surface area (Å²) in [4.78, 5) is 26.8. The van der Waals surface area contributed by atoms with Crippen LogP contribution in [0.15, 0.2) is 56.9 Å². The summed E-state index contributed by atoms with van der Waals surface area (Å²) in [6, 6.07) is 8.63. The van der Waals surface area contributed by atoms with Gasteiger partial charge in [-0.3, -0.25) is 19.3 Å². The first-order valence-corrected chi connectivity index (χ1v) is 12.4. The number of pyridine rings is 3. The molecule has 1 aliphatic rings. The summed E-state index contributed by atoms with van der Waals surface area (Å²) in [6.07, 6.45) is 3.02. The summed E-state index contributed by atoms with van der Waals surface area (Å²) < 4.78 is 21.2. The van der Waals surface area contributed by atoms with Gasteiger partial charge in [0.1, 0.15) is 28.2 Å². The van der Waals surface area contributed by atoms with Crippen molar-refractivity contribution < 1.29 is 14.2 Å². The zero-order chi connectivity index (χ0) is 26.2. The summed E-state index contributed by atoms with van der Waals surface area (Å²) in [5.41, 5.74) is 3.23. The Hall–Kier alpha value is -3.17. The van der Waals surface area contributed by atoms with Gasteiger partial charge in [0.2, 0.25) is 0 Å². The molecule has 0 aliphatic carbocycles. The highest BCUT2D eigenvalue weighted by Gasteiger charge is 2.24. The van der Waals surface area contributed by atoms with E-state index in [2.05, 4.69) is 30.9 Å². The van der Waals surface area contributed by atoms with Gasteiger partial charge in [0.15, 0.2) is 0 Å². The van der Waals surface area contributed by atoms with Crippen LogP contribution in [0.4, 0.5) is 4.39 Å². The van der Waals surface area contributed by atoms with Crippen LogP contribution in [0.3, 0.4) is 0 Å². The second-order valence-electron chi connectivity index (χ2n) is 9.47. The lowest BCUT2D eigenvalue weighted by Crippen LogP contribution is -2.29. The van der Waals surface area contributed by atoms with E-state index in [1.807, 2.05) is 32.1 Å². The first kappa shape index (κ1) is 25.9. The molecule has 0 bridgehead atoms. The third-order valence-corrected chi connectivity index (χ3v) is 6.77. The summed E-state index contributed by atoms with van der Waals surface area (Å²) in [7, 11) is 0. The molecule has 7 nitrogen and oxygen atoms in total. The van der Waals surface area contributed by atoms with Gasteiger partial charge in [0.25, 0.3) is 5.56 Å². The molecule has 0 fully saturated rings. The maximum atomic E-state index is 13.4. The van der Waals surface area contributed by atoms with Gasteiger partial charge in [0.05, 0.1) is 29.0 Å². The summed E-state index contributed by atoms with van der Waals surface area (Å²) in [5.74, 6) is -0.0280. The van der Waals surface area contributed by atoms with Crippen LogP contribution < -0.4 is 10.3 Å². The van der Waals surface area contributed by atoms with Crippen LogP contribution in [0, 0.1) is 25.6 Å². The van der Waals surface area contributed by atoms with Gasteiger partial charge in [-0.2, -0.15) is 0 Å². The first-order valence-electron chi connectivity index (χ1n) is 11.6. The van der Waals surface area contributed by atoms with Crippen LogP contribution in [-0.2, 0) is 12.2 Å². The zero-order valence-corrected chi connectivity index (χ0v) is 22.4. The van der Waals surface area contributed by atoms with Crippen LogP contribution in [0.5, 0.6) is 5.75 Å². The van der Waals surface area contributed by atoms with Crippen LogP contribution in [0.2, 0.25) is 0 Å². The molecule has 9 heteroatoms. The molecule has 0 spiro atoms. The van der Waals surface area contributed by atoms with Crippen LogP contribution in [-0.4, -0.2) is 31.9 Å². The molecular formula is C27H28BrFN4O3. The average Bonchev–Trinajstić information content (AvgIpc) is 2.82. The highest BCUT2D eigenvalue weighted by molar-refractivity contribution is 9.10. The number of rotatable bonds is 6. The van der Waals surface area contributed by atoms with E-state index in [-0.39, 0.29) is 22.6 Å². The van der Waals surface area contributed by atoms with Gasteiger partial charge in [-0.05, 0) is 73.5 Å². The van der Waals surface area contributed by atoms with E-state index in [0.717, 1.165) is 11.9 Å². The Morgan fingerprint density at radius 1 is 1.28 bits per heavy atom. The summed E-state index contributed by atoms with van der Waals surface area (Å²) in [6.45, 7) is 9.58. The number of aliphatic hydroxyl groups is 1. The fourth-order valence-corrected chi connectivity index (χ4v) is 4.39. The molecular weight excluding hydrogens is 527 g/mol. The molecule has 0 unspecified atom stereocenters. The van der Waals surface area contributed by atoms with Crippen molar-refractivity contribution in [2.24, 2.45) is 10.9 Å². The number of hydrogen-bond donors (Lipinski definition) is 1. The maximum Gasteiger partial charge on any atom is 0.273 e. The van der Waals surface area contributed by atoms with Crippen molar-refractivity contribution in [3.8, 4) is 5.75 Å². The quantitative estimate of drug-likeness (QED) is 0.466. The van der Waals surface area contributed by atoms with Crippen molar-refractivity contribution in [3.63, 3.8) is 0 Å². The predicted octanol–water partition coefficient (Wildman–Crippen LogP) is 4.94. The van der Waals surface area contributed by atoms with E-state index >= 15 is 0 Å². The minimum Gasteiger partial charge on any atom is -0.486 e. The number of ether oxygens (including phenoxy) is 1. The molecule has 1 atom stereocenters. The number of aliphatic imine (C=N–C) groups is 1. The molecule has 1 N–H and O–H groups in total. The lowest BCUT2D eigenvalue weighted by atomic mass is 9.99. The second-order valence-corrected chi connectivity index (χ2v) is 10.3. The maximum absolute atomic E-state index is 13.4. The summed E-state index contributed by atoms with van der Waals surface area (Å²) in [5, 5.41) is 10.4. The third-order valence-electron chi connectivity index (χ3n) is 6.04. The first-order chi connectivity index (χ1) is 17.0. The van der Waals surface area contributed by atoms with Crippen LogP contribution >= 0.6 is 15.9 Å².